The van der Waals surface area contributed by atoms with Crippen LogP contribution in [0.15, 0.2) is 79.8 Å². The summed E-state index contributed by atoms with van der Waals surface area (Å²) in [6.45, 7) is 2.75. The molecule has 0 radical (unpaired) electrons. The van der Waals surface area contributed by atoms with Gasteiger partial charge < -0.3 is 0 Å². The number of Topliss-reactive ketones (excluding diaryl/α,β-unsaturated/α-hetero) is 2. The van der Waals surface area contributed by atoms with Gasteiger partial charge in [-0.3, -0.25) is 28.8 Å². The van der Waals surface area contributed by atoms with Crippen LogP contribution in [-0.2, 0) is 0 Å². The Hall–Kier alpha value is -4.72. The number of carbonyl (C=O) groups is 2. The fourth-order valence-electron chi connectivity index (χ4n) is 4.17. The highest BCUT2D eigenvalue weighted by Crippen LogP contribution is 2.18. The van der Waals surface area contributed by atoms with Crippen LogP contribution in [0.3, 0.4) is 0 Å². The van der Waals surface area contributed by atoms with E-state index in [1.54, 1.807) is 24.3 Å². The maximum atomic E-state index is 13.1. The molecule has 3 aromatic carbocycles. The third-order valence-corrected chi connectivity index (χ3v) is 5.91. The second-order valence-electron chi connectivity index (χ2n) is 8.05. The van der Waals surface area contributed by atoms with Gasteiger partial charge in [0.1, 0.15) is 0 Å². The van der Waals surface area contributed by atoms with E-state index in [0.717, 1.165) is 9.13 Å². The Balaban J connectivity index is 1.79. The number of aromatic nitrogens is 2. The Morgan fingerprint density at radius 2 is 0.853 bits per heavy atom. The Morgan fingerprint density at radius 3 is 1.15 bits per heavy atom. The van der Waals surface area contributed by atoms with Crippen LogP contribution in [0, 0.1) is 0 Å². The average Bonchev–Trinajstić information content (AvgIpc) is 3.22. The smallest absolute Gasteiger partial charge is 0.266 e. The Morgan fingerprint density at radius 1 is 0.529 bits per heavy atom. The van der Waals surface area contributed by atoms with Gasteiger partial charge in [0.2, 0.25) is 0 Å². The third kappa shape index (κ3) is 3.00. The zero-order valence-electron chi connectivity index (χ0n) is 18.1. The van der Waals surface area contributed by atoms with E-state index >= 15 is 0 Å². The first kappa shape index (κ1) is 21.1. The van der Waals surface area contributed by atoms with Crippen molar-refractivity contribution in [3.8, 4) is 11.4 Å². The van der Waals surface area contributed by atoms with Crippen molar-refractivity contribution in [2.24, 2.45) is 0 Å². The predicted octanol–water partition coefficient (Wildman–Crippen LogP) is 2.30. The number of ketones is 2. The van der Waals surface area contributed by atoms with E-state index in [-0.39, 0.29) is 44.5 Å². The second-order valence-corrected chi connectivity index (χ2v) is 8.05. The highest BCUT2D eigenvalue weighted by molar-refractivity contribution is 5.99. The van der Waals surface area contributed by atoms with Crippen molar-refractivity contribution in [1.82, 2.24) is 9.13 Å². The second kappa shape index (κ2) is 7.41. The number of hydrogen-bond acceptors (Lipinski definition) is 6. The largest absolute Gasteiger partial charge is 0.295 e. The quantitative estimate of drug-likeness (QED) is 0.387. The Bertz CT molecular complexity index is 1680. The maximum Gasteiger partial charge on any atom is 0.266 e. The lowest BCUT2D eigenvalue weighted by Gasteiger charge is -2.02. The molecule has 0 saturated heterocycles. The molecule has 0 aliphatic carbocycles. The van der Waals surface area contributed by atoms with E-state index in [0.29, 0.717) is 11.1 Å². The summed E-state index contributed by atoms with van der Waals surface area (Å²) in [5.41, 5.74) is -1.49. The molecule has 0 fully saturated rings. The van der Waals surface area contributed by atoms with Crippen LogP contribution in [-0.4, -0.2) is 20.7 Å². The van der Waals surface area contributed by atoms with Crippen molar-refractivity contribution in [3.63, 3.8) is 0 Å². The van der Waals surface area contributed by atoms with Crippen LogP contribution >= 0.6 is 0 Å². The normalized spacial score (nSPS) is 11.4. The van der Waals surface area contributed by atoms with Crippen molar-refractivity contribution >= 4 is 33.1 Å². The number of hydrogen-bond donors (Lipinski definition) is 0. The van der Waals surface area contributed by atoms with Crippen LogP contribution in [0.5, 0.6) is 0 Å². The summed E-state index contributed by atoms with van der Waals surface area (Å²) in [5.74, 6) is -0.440. The van der Waals surface area contributed by atoms with Gasteiger partial charge in [-0.2, -0.15) is 0 Å². The first-order valence-electron chi connectivity index (χ1n) is 10.4. The predicted molar refractivity (Wildman–Crippen MR) is 128 cm³/mol. The molecule has 5 aromatic rings. The minimum absolute atomic E-state index is 0.00235. The molecule has 34 heavy (non-hydrogen) atoms. The molecule has 0 bridgehead atoms. The molecule has 5 rings (SSSR count). The fraction of sp³-hybridized carbons (Fsp3) is 0.0769. The van der Waals surface area contributed by atoms with Gasteiger partial charge in [0.25, 0.3) is 22.2 Å². The van der Waals surface area contributed by atoms with Gasteiger partial charge in [-0.15, -0.1) is 0 Å². The number of rotatable bonds is 4. The minimum Gasteiger partial charge on any atom is -0.295 e. The van der Waals surface area contributed by atoms with Crippen LogP contribution in [0.25, 0.3) is 32.9 Å². The highest BCUT2D eigenvalue weighted by atomic mass is 16.2. The lowest BCUT2D eigenvalue weighted by Crippen LogP contribution is -2.24. The molecule has 8 heteroatoms. The summed E-state index contributed by atoms with van der Waals surface area (Å²) in [5, 5.41) is -0.00939. The molecule has 0 spiro atoms. The van der Waals surface area contributed by atoms with Crippen LogP contribution in [0.1, 0.15) is 34.6 Å². The van der Waals surface area contributed by atoms with E-state index in [9.17, 15) is 28.8 Å². The van der Waals surface area contributed by atoms with Gasteiger partial charge >= 0.3 is 0 Å². The molecule has 0 N–H and O–H groups in total. The van der Waals surface area contributed by atoms with E-state index in [1.807, 2.05) is 0 Å². The van der Waals surface area contributed by atoms with E-state index < -0.39 is 22.2 Å². The topological polar surface area (TPSA) is 112 Å². The molecule has 0 unspecified atom stereocenters. The van der Waals surface area contributed by atoms with Crippen LogP contribution in [0.2, 0.25) is 0 Å². The summed E-state index contributed by atoms with van der Waals surface area (Å²) in [4.78, 5) is 75.9. The summed E-state index contributed by atoms with van der Waals surface area (Å²) >= 11 is 0. The molecule has 0 atom stereocenters. The SMILES string of the molecule is CC(=O)c1cccc(-n2c(=O)c3cc4c(=O)n(-c5cccc(C(C)=O)c5)c(=O)c4cc3c2=O)c1. The number of fused-ring (bicyclic) bond motifs is 2. The molecule has 8 nitrogen and oxygen atoms in total. The Kier molecular flexibility index (Phi) is 4.61. The summed E-state index contributed by atoms with van der Waals surface area (Å²) in [6, 6.07) is 14.7. The van der Waals surface area contributed by atoms with Crippen molar-refractivity contribution < 1.29 is 9.59 Å². The standard InChI is InChI=1S/C26H16N2O6/c1-13(29)15-5-3-7-17(9-15)27-23(31)19-11-21-22(12-20(19)24(27)32)26(34)28(25(21)33)18-8-4-6-16(10-18)14(2)30/h3-12H,1-2H3. The number of carbonyl (C=O) groups excluding carboxylic acids is 2. The molecule has 2 heterocycles. The number of nitrogens with zero attached hydrogens (tertiary/aromatic N) is 2. The molecular formula is C26H16N2O6. The first-order valence-corrected chi connectivity index (χ1v) is 10.4. The van der Waals surface area contributed by atoms with Gasteiger partial charge in [0, 0.05) is 11.1 Å². The van der Waals surface area contributed by atoms with Crippen molar-refractivity contribution in [1.29, 1.82) is 0 Å². The molecule has 0 amide bonds. The lowest BCUT2D eigenvalue weighted by molar-refractivity contribution is 0.100. The van der Waals surface area contributed by atoms with E-state index in [1.165, 1.54) is 50.2 Å². The molecular weight excluding hydrogens is 436 g/mol. The average molecular weight is 452 g/mol. The van der Waals surface area contributed by atoms with Crippen molar-refractivity contribution in [2.75, 3.05) is 0 Å². The minimum atomic E-state index is -0.652. The van der Waals surface area contributed by atoms with Gasteiger partial charge in [0.05, 0.1) is 32.9 Å². The van der Waals surface area contributed by atoms with Gasteiger partial charge in [0.15, 0.2) is 11.6 Å². The first-order chi connectivity index (χ1) is 16.2. The summed E-state index contributed by atoms with van der Waals surface area (Å²) in [7, 11) is 0. The molecule has 0 saturated carbocycles. The van der Waals surface area contributed by atoms with E-state index in [2.05, 4.69) is 0 Å². The summed E-state index contributed by atoms with van der Waals surface area (Å²) in [6.07, 6.45) is 0. The third-order valence-electron chi connectivity index (χ3n) is 5.91. The zero-order valence-corrected chi connectivity index (χ0v) is 18.1. The van der Waals surface area contributed by atoms with Crippen molar-refractivity contribution in [3.05, 3.63) is 113 Å². The lowest BCUT2D eigenvalue weighted by atomic mass is 10.1. The van der Waals surface area contributed by atoms with Gasteiger partial charge in [-0.1, -0.05) is 24.3 Å². The monoisotopic (exact) mass is 452 g/mol. The van der Waals surface area contributed by atoms with E-state index in [4.69, 9.17) is 0 Å². The maximum absolute atomic E-state index is 13.1. The molecule has 2 aromatic heterocycles. The van der Waals surface area contributed by atoms with Crippen LogP contribution < -0.4 is 22.2 Å². The van der Waals surface area contributed by atoms with Crippen molar-refractivity contribution in [2.45, 2.75) is 13.8 Å². The molecule has 0 aliphatic heterocycles. The van der Waals surface area contributed by atoms with Gasteiger partial charge in [-0.25, -0.2) is 9.13 Å². The summed E-state index contributed by atoms with van der Waals surface area (Å²) < 4.78 is 1.85. The zero-order chi connectivity index (χ0) is 24.3. The van der Waals surface area contributed by atoms with Crippen LogP contribution in [0.4, 0.5) is 0 Å². The van der Waals surface area contributed by atoms with Gasteiger partial charge in [-0.05, 0) is 50.2 Å². The highest BCUT2D eigenvalue weighted by Gasteiger charge is 2.21. The number of benzene rings is 3. The molecule has 0 aliphatic rings. The fourth-order valence-corrected chi connectivity index (χ4v) is 4.17. The Labute approximate surface area is 190 Å². The molecule has 166 valence electrons.